The maximum atomic E-state index is 12.5. The molecule has 0 bridgehead atoms. The first-order valence-corrected chi connectivity index (χ1v) is 9.36. The summed E-state index contributed by atoms with van der Waals surface area (Å²) in [7, 11) is -3.52. The molecule has 1 aromatic carbocycles. The van der Waals surface area contributed by atoms with Gasteiger partial charge >= 0.3 is 0 Å². The van der Waals surface area contributed by atoms with Gasteiger partial charge in [-0.1, -0.05) is 11.6 Å². The van der Waals surface area contributed by atoms with Crippen molar-refractivity contribution in [1.29, 1.82) is 0 Å². The van der Waals surface area contributed by atoms with Crippen LogP contribution in [0.5, 0.6) is 0 Å². The summed E-state index contributed by atoms with van der Waals surface area (Å²) in [6.07, 6.45) is 1.37. The Hall–Kier alpha value is -1.67. The molecule has 0 unspecified atom stereocenters. The summed E-state index contributed by atoms with van der Waals surface area (Å²) in [5.41, 5.74) is 1.85. The lowest BCUT2D eigenvalue weighted by Gasteiger charge is -2.25. The predicted molar refractivity (Wildman–Crippen MR) is 93.3 cm³/mol. The van der Waals surface area contributed by atoms with E-state index in [4.69, 9.17) is 16.3 Å². The molecule has 128 valence electrons. The average molecular weight is 368 g/mol. The van der Waals surface area contributed by atoms with Crippen LogP contribution in [0.3, 0.4) is 0 Å². The molecule has 24 heavy (non-hydrogen) atoms. The van der Waals surface area contributed by atoms with Gasteiger partial charge in [-0.3, -0.25) is 0 Å². The fraction of sp³-hybridized carbons (Fsp3) is 0.312. The Bertz CT molecular complexity index is 819. The largest absolute Gasteiger partial charge is 0.379 e. The molecule has 2 aromatic rings. The molecular weight excluding hydrogens is 350 g/mol. The second-order valence-corrected chi connectivity index (χ2v) is 7.85. The quantitative estimate of drug-likeness (QED) is 0.899. The van der Waals surface area contributed by atoms with E-state index in [1.54, 1.807) is 18.2 Å². The molecule has 0 atom stereocenters. The van der Waals surface area contributed by atoms with Crippen LogP contribution in [0.1, 0.15) is 5.56 Å². The third kappa shape index (κ3) is 3.70. The van der Waals surface area contributed by atoms with Crippen molar-refractivity contribution in [2.45, 2.75) is 11.8 Å². The van der Waals surface area contributed by atoms with Crippen molar-refractivity contribution >= 4 is 33.1 Å². The van der Waals surface area contributed by atoms with Gasteiger partial charge in [-0.15, -0.1) is 0 Å². The number of benzene rings is 1. The van der Waals surface area contributed by atoms with E-state index in [2.05, 4.69) is 10.3 Å². The SMILES string of the molecule is Cc1cc(Cl)ccc1Nc1ccc(S(=O)(=O)N2CCOCC2)cn1. The Morgan fingerprint density at radius 2 is 1.96 bits per heavy atom. The summed E-state index contributed by atoms with van der Waals surface area (Å²) >= 11 is 5.94. The first kappa shape index (κ1) is 17.2. The molecule has 0 spiro atoms. The number of nitrogens with zero attached hydrogens (tertiary/aromatic N) is 2. The van der Waals surface area contributed by atoms with E-state index in [-0.39, 0.29) is 4.90 Å². The summed E-state index contributed by atoms with van der Waals surface area (Å²) in [4.78, 5) is 4.40. The fourth-order valence-corrected chi connectivity index (χ4v) is 4.03. The average Bonchev–Trinajstić information content (AvgIpc) is 2.59. The van der Waals surface area contributed by atoms with Crippen molar-refractivity contribution in [2.24, 2.45) is 0 Å². The molecule has 6 nitrogen and oxygen atoms in total. The van der Waals surface area contributed by atoms with Crippen LogP contribution in [0.15, 0.2) is 41.4 Å². The third-order valence-corrected chi connectivity index (χ3v) is 5.91. The Morgan fingerprint density at radius 3 is 2.58 bits per heavy atom. The van der Waals surface area contributed by atoms with Gasteiger partial charge in [0, 0.05) is 30.0 Å². The number of hydrogen-bond acceptors (Lipinski definition) is 5. The maximum Gasteiger partial charge on any atom is 0.244 e. The van der Waals surface area contributed by atoms with Gasteiger partial charge in [0.15, 0.2) is 0 Å². The molecule has 1 saturated heterocycles. The number of ether oxygens (including phenoxy) is 1. The molecule has 0 saturated carbocycles. The summed E-state index contributed by atoms with van der Waals surface area (Å²) in [5.74, 6) is 0.571. The van der Waals surface area contributed by atoms with Crippen molar-refractivity contribution in [3.8, 4) is 0 Å². The van der Waals surface area contributed by atoms with Gasteiger partial charge < -0.3 is 10.1 Å². The van der Waals surface area contributed by atoms with Gasteiger partial charge in [-0.25, -0.2) is 13.4 Å². The molecule has 1 fully saturated rings. The lowest BCUT2D eigenvalue weighted by molar-refractivity contribution is 0.0730. The molecule has 1 aliphatic rings. The smallest absolute Gasteiger partial charge is 0.244 e. The number of rotatable bonds is 4. The summed E-state index contributed by atoms with van der Waals surface area (Å²) in [5, 5.41) is 3.82. The van der Waals surface area contributed by atoms with Gasteiger partial charge in [0.25, 0.3) is 0 Å². The van der Waals surface area contributed by atoms with E-state index in [0.29, 0.717) is 37.1 Å². The number of hydrogen-bond donors (Lipinski definition) is 1. The minimum absolute atomic E-state index is 0.183. The molecule has 0 radical (unpaired) electrons. The normalized spacial score (nSPS) is 16.1. The standard InChI is InChI=1S/C16H18ClN3O3S/c1-12-10-13(17)2-4-15(12)19-16-5-3-14(11-18-16)24(21,22)20-6-8-23-9-7-20/h2-5,10-11H,6-9H2,1H3,(H,18,19). The van der Waals surface area contributed by atoms with E-state index in [9.17, 15) is 8.42 Å². The van der Waals surface area contributed by atoms with Crippen LogP contribution in [0.4, 0.5) is 11.5 Å². The first-order valence-electron chi connectivity index (χ1n) is 7.54. The van der Waals surface area contributed by atoms with Crippen molar-refractivity contribution in [1.82, 2.24) is 9.29 Å². The van der Waals surface area contributed by atoms with Gasteiger partial charge in [-0.2, -0.15) is 4.31 Å². The van der Waals surface area contributed by atoms with E-state index in [1.807, 2.05) is 19.1 Å². The molecule has 3 rings (SSSR count). The minimum Gasteiger partial charge on any atom is -0.379 e. The number of aromatic nitrogens is 1. The van der Waals surface area contributed by atoms with E-state index in [0.717, 1.165) is 11.3 Å². The molecule has 1 aromatic heterocycles. The summed E-state index contributed by atoms with van der Waals surface area (Å²) in [6, 6.07) is 8.71. The zero-order valence-corrected chi connectivity index (χ0v) is 14.8. The van der Waals surface area contributed by atoms with Crippen molar-refractivity contribution < 1.29 is 13.2 Å². The highest BCUT2D eigenvalue weighted by Crippen LogP contribution is 2.24. The molecule has 0 aliphatic carbocycles. The monoisotopic (exact) mass is 367 g/mol. The van der Waals surface area contributed by atoms with Crippen LogP contribution in [-0.2, 0) is 14.8 Å². The second-order valence-electron chi connectivity index (χ2n) is 5.48. The number of sulfonamides is 1. The van der Waals surface area contributed by atoms with Gasteiger partial charge in [-0.05, 0) is 42.8 Å². The topological polar surface area (TPSA) is 71.5 Å². The minimum atomic E-state index is -3.52. The molecule has 2 heterocycles. The zero-order chi connectivity index (χ0) is 17.2. The number of morpholine rings is 1. The number of halogens is 1. The van der Waals surface area contributed by atoms with Crippen molar-refractivity contribution in [2.75, 3.05) is 31.6 Å². The van der Waals surface area contributed by atoms with Gasteiger partial charge in [0.1, 0.15) is 10.7 Å². The number of aryl methyl sites for hydroxylation is 1. The van der Waals surface area contributed by atoms with Crippen LogP contribution < -0.4 is 5.32 Å². The summed E-state index contributed by atoms with van der Waals surface area (Å²) < 4.78 is 31.7. The van der Waals surface area contributed by atoms with Gasteiger partial charge in [0.05, 0.1) is 13.2 Å². The number of nitrogens with one attached hydrogen (secondary N) is 1. The summed E-state index contributed by atoms with van der Waals surface area (Å²) in [6.45, 7) is 3.51. The maximum absolute atomic E-state index is 12.5. The van der Waals surface area contributed by atoms with E-state index >= 15 is 0 Å². The lowest BCUT2D eigenvalue weighted by Crippen LogP contribution is -2.40. The second kappa shape index (κ2) is 7.06. The molecular formula is C16H18ClN3O3S. The van der Waals surface area contributed by atoms with Crippen LogP contribution >= 0.6 is 11.6 Å². The van der Waals surface area contributed by atoms with Crippen LogP contribution in [0.2, 0.25) is 5.02 Å². The van der Waals surface area contributed by atoms with Crippen LogP contribution in [-0.4, -0.2) is 44.0 Å². The highest BCUT2D eigenvalue weighted by atomic mass is 35.5. The van der Waals surface area contributed by atoms with Crippen LogP contribution in [0.25, 0.3) is 0 Å². The first-order chi connectivity index (χ1) is 11.5. The molecule has 1 aliphatic heterocycles. The number of pyridine rings is 1. The lowest BCUT2D eigenvalue weighted by atomic mass is 10.2. The molecule has 8 heteroatoms. The predicted octanol–water partition coefficient (Wildman–Crippen LogP) is 2.81. The number of anilines is 2. The highest BCUT2D eigenvalue weighted by molar-refractivity contribution is 7.89. The Morgan fingerprint density at radius 1 is 1.21 bits per heavy atom. The zero-order valence-electron chi connectivity index (χ0n) is 13.2. The Labute approximate surface area is 146 Å². The van der Waals surface area contributed by atoms with E-state index < -0.39 is 10.0 Å². The van der Waals surface area contributed by atoms with Crippen molar-refractivity contribution in [3.05, 3.63) is 47.1 Å². The van der Waals surface area contributed by atoms with E-state index in [1.165, 1.54) is 10.5 Å². The Balaban J connectivity index is 1.77. The Kier molecular flexibility index (Phi) is 5.05. The molecule has 0 amide bonds. The highest BCUT2D eigenvalue weighted by Gasteiger charge is 2.26. The molecule has 1 N–H and O–H groups in total. The van der Waals surface area contributed by atoms with Crippen LogP contribution in [0, 0.1) is 6.92 Å². The van der Waals surface area contributed by atoms with Gasteiger partial charge in [0.2, 0.25) is 10.0 Å². The third-order valence-electron chi connectivity index (χ3n) is 3.80. The fourth-order valence-electron chi connectivity index (χ4n) is 2.45. The van der Waals surface area contributed by atoms with Crippen molar-refractivity contribution in [3.63, 3.8) is 0 Å².